The first-order valence-corrected chi connectivity index (χ1v) is 5.06. The summed E-state index contributed by atoms with van der Waals surface area (Å²) < 4.78 is 6.37. The van der Waals surface area contributed by atoms with Crippen LogP contribution in [0.4, 0.5) is 0 Å². The summed E-state index contributed by atoms with van der Waals surface area (Å²) >= 11 is 9.19. The van der Waals surface area contributed by atoms with Gasteiger partial charge in [-0.15, -0.1) is 0 Å². The van der Waals surface area contributed by atoms with Crippen molar-refractivity contribution in [3.63, 3.8) is 0 Å². The Labute approximate surface area is 91.4 Å². The van der Waals surface area contributed by atoms with Crippen molar-refractivity contribution in [2.75, 3.05) is 0 Å². The van der Waals surface area contributed by atoms with Crippen LogP contribution in [0.3, 0.4) is 0 Å². The molecular formula is C9H11BrClNO. The quantitative estimate of drug-likeness (QED) is 0.772. The smallest absolute Gasteiger partial charge is 0.233 e. The Bertz CT molecular complexity index is 309. The summed E-state index contributed by atoms with van der Waals surface area (Å²) in [5.74, 6) is 0.470. The molecule has 0 aliphatic heterocycles. The maximum atomic E-state index is 5.92. The van der Waals surface area contributed by atoms with Gasteiger partial charge < -0.3 is 4.74 Å². The summed E-state index contributed by atoms with van der Waals surface area (Å²) in [5, 5.41) is 0.518. The molecule has 1 aromatic rings. The van der Waals surface area contributed by atoms with E-state index in [1.807, 2.05) is 20.8 Å². The van der Waals surface area contributed by atoms with Crippen molar-refractivity contribution in [1.82, 2.24) is 4.98 Å². The largest absolute Gasteiger partial charge is 0.471 e. The molecule has 72 valence electrons. The summed E-state index contributed by atoms with van der Waals surface area (Å²) in [4.78, 5) is 4.06. The van der Waals surface area contributed by atoms with Crippen LogP contribution in [-0.2, 0) is 0 Å². The Morgan fingerprint density at radius 1 is 1.46 bits per heavy atom. The summed E-state index contributed by atoms with van der Waals surface area (Å²) in [6.07, 6.45) is 1.66. The molecule has 0 aliphatic carbocycles. The molecule has 0 N–H and O–H groups in total. The monoisotopic (exact) mass is 263 g/mol. The van der Waals surface area contributed by atoms with Crippen LogP contribution >= 0.6 is 27.5 Å². The normalized spacial score (nSPS) is 11.5. The average Bonchev–Trinajstić information content (AvgIpc) is 1.93. The van der Waals surface area contributed by atoms with Gasteiger partial charge in [-0.3, -0.25) is 0 Å². The van der Waals surface area contributed by atoms with E-state index in [1.165, 1.54) is 0 Å². The van der Waals surface area contributed by atoms with Crippen LogP contribution in [0.5, 0.6) is 5.88 Å². The predicted molar refractivity (Wildman–Crippen MR) is 57.3 cm³/mol. The summed E-state index contributed by atoms with van der Waals surface area (Å²) in [7, 11) is 0. The van der Waals surface area contributed by atoms with E-state index >= 15 is 0 Å². The molecule has 0 unspecified atom stereocenters. The van der Waals surface area contributed by atoms with Crippen molar-refractivity contribution in [3.05, 3.63) is 21.8 Å². The van der Waals surface area contributed by atoms with Gasteiger partial charge in [-0.1, -0.05) is 11.6 Å². The fourth-order valence-corrected chi connectivity index (χ4v) is 1.44. The van der Waals surface area contributed by atoms with Crippen molar-refractivity contribution in [1.29, 1.82) is 0 Å². The van der Waals surface area contributed by atoms with Gasteiger partial charge in [0.1, 0.15) is 10.6 Å². The first-order valence-electron chi connectivity index (χ1n) is 3.88. The van der Waals surface area contributed by atoms with E-state index in [-0.39, 0.29) is 5.60 Å². The van der Waals surface area contributed by atoms with Crippen LogP contribution in [0.2, 0.25) is 5.02 Å². The lowest BCUT2D eigenvalue weighted by molar-refractivity contribution is 0.124. The molecule has 4 heteroatoms. The van der Waals surface area contributed by atoms with Gasteiger partial charge in [0.2, 0.25) is 5.88 Å². The number of hydrogen-bond donors (Lipinski definition) is 0. The van der Waals surface area contributed by atoms with Crippen molar-refractivity contribution in [2.24, 2.45) is 0 Å². The molecule has 0 fully saturated rings. The molecule has 0 bridgehead atoms. The highest BCUT2D eigenvalue weighted by molar-refractivity contribution is 9.10. The van der Waals surface area contributed by atoms with Gasteiger partial charge in [0.25, 0.3) is 0 Å². The summed E-state index contributed by atoms with van der Waals surface area (Å²) in [6, 6.07) is 1.76. The second-order valence-corrected chi connectivity index (χ2v) is 4.98. The minimum Gasteiger partial charge on any atom is -0.471 e. The van der Waals surface area contributed by atoms with Crippen LogP contribution < -0.4 is 4.74 Å². The lowest BCUT2D eigenvalue weighted by atomic mass is 10.2. The maximum Gasteiger partial charge on any atom is 0.233 e. The summed E-state index contributed by atoms with van der Waals surface area (Å²) in [5.41, 5.74) is -0.273. The number of halogens is 2. The molecule has 0 amide bonds. The zero-order valence-corrected chi connectivity index (χ0v) is 10.1. The first-order chi connectivity index (χ1) is 5.88. The van der Waals surface area contributed by atoms with E-state index in [1.54, 1.807) is 12.3 Å². The molecule has 0 radical (unpaired) electrons. The van der Waals surface area contributed by atoms with Crippen LogP contribution in [0.15, 0.2) is 16.7 Å². The fraction of sp³-hybridized carbons (Fsp3) is 0.444. The third-order valence-corrected chi connectivity index (χ3v) is 1.88. The van der Waals surface area contributed by atoms with E-state index in [0.717, 1.165) is 4.47 Å². The Balaban J connectivity index is 2.90. The SMILES string of the molecule is CC(C)(C)Oc1ncc(Br)cc1Cl. The number of nitrogens with zero attached hydrogens (tertiary/aromatic N) is 1. The third kappa shape index (κ3) is 3.53. The number of aromatic nitrogens is 1. The van der Waals surface area contributed by atoms with Gasteiger partial charge in [-0.2, -0.15) is 0 Å². The standard InChI is InChI=1S/C9H11BrClNO/c1-9(2,3)13-8-7(11)4-6(10)5-12-8/h4-5H,1-3H3. The highest BCUT2D eigenvalue weighted by Gasteiger charge is 2.14. The van der Waals surface area contributed by atoms with Crippen LogP contribution in [-0.4, -0.2) is 10.6 Å². The molecule has 1 heterocycles. The van der Waals surface area contributed by atoms with Gasteiger partial charge in [0.15, 0.2) is 0 Å². The zero-order valence-electron chi connectivity index (χ0n) is 7.77. The second kappa shape index (κ2) is 3.84. The Morgan fingerprint density at radius 3 is 2.54 bits per heavy atom. The Morgan fingerprint density at radius 2 is 2.08 bits per heavy atom. The topological polar surface area (TPSA) is 22.1 Å². The highest BCUT2D eigenvalue weighted by atomic mass is 79.9. The van der Waals surface area contributed by atoms with Crippen molar-refractivity contribution in [3.8, 4) is 5.88 Å². The molecule has 0 saturated heterocycles. The van der Waals surface area contributed by atoms with Gasteiger partial charge >= 0.3 is 0 Å². The molecule has 0 saturated carbocycles. The van der Waals surface area contributed by atoms with Crippen molar-refractivity contribution in [2.45, 2.75) is 26.4 Å². The van der Waals surface area contributed by atoms with E-state index in [0.29, 0.717) is 10.9 Å². The second-order valence-electron chi connectivity index (χ2n) is 3.65. The molecule has 1 rings (SSSR count). The molecule has 1 aromatic heterocycles. The Hall–Kier alpha value is -0.280. The number of pyridine rings is 1. The van der Waals surface area contributed by atoms with E-state index in [9.17, 15) is 0 Å². The molecule has 0 atom stereocenters. The van der Waals surface area contributed by atoms with Crippen LogP contribution in [0.25, 0.3) is 0 Å². The number of rotatable bonds is 1. The van der Waals surface area contributed by atoms with Crippen LogP contribution in [0, 0.1) is 0 Å². The van der Waals surface area contributed by atoms with Gasteiger partial charge in [0.05, 0.1) is 0 Å². The van der Waals surface area contributed by atoms with Gasteiger partial charge in [-0.25, -0.2) is 4.98 Å². The number of ether oxygens (including phenoxy) is 1. The minimum atomic E-state index is -0.273. The van der Waals surface area contributed by atoms with Crippen molar-refractivity contribution < 1.29 is 4.74 Å². The lowest BCUT2D eigenvalue weighted by Gasteiger charge is -2.20. The lowest BCUT2D eigenvalue weighted by Crippen LogP contribution is -2.23. The zero-order chi connectivity index (χ0) is 10.1. The highest BCUT2D eigenvalue weighted by Crippen LogP contribution is 2.27. The van der Waals surface area contributed by atoms with Crippen molar-refractivity contribution >= 4 is 27.5 Å². The molecule has 0 aliphatic rings. The molecule has 0 spiro atoms. The maximum absolute atomic E-state index is 5.92. The molecule has 0 aromatic carbocycles. The average molecular weight is 265 g/mol. The van der Waals surface area contributed by atoms with E-state index < -0.39 is 0 Å². The molecule has 2 nitrogen and oxygen atoms in total. The van der Waals surface area contributed by atoms with E-state index in [2.05, 4.69) is 20.9 Å². The minimum absolute atomic E-state index is 0.273. The third-order valence-electron chi connectivity index (χ3n) is 1.18. The number of hydrogen-bond acceptors (Lipinski definition) is 2. The fourth-order valence-electron chi connectivity index (χ4n) is 0.767. The predicted octanol–water partition coefficient (Wildman–Crippen LogP) is 3.67. The molecular weight excluding hydrogens is 253 g/mol. The van der Waals surface area contributed by atoms with Gasteiger partial charge in [-0.05, 0) is 42.8 Å². The summed E-state index contributed by atoms with van der Waals surface area (Å²) in [6.45, 7) is 5.85. The first kappa shape index (κ1) is 10.8. The molecule has 13 heavy (non-hydrogen) atoms. The van der Waals surface area contributed by atoms with E-state index in [4.69, 9.17) is 16.3 Å². The van der Waals surface area contributed by atoms with Gasteiger partial charge in [0, 0.05) is 10.7 Å². The Kier molecular flexibility index (Phi) is 3.19. The van der Waals surface area contributed by atoms with Crippen LogP contribution in [0.1, 0.15) is 20.8 Å².